The summed E-state index contributed by atoms with van der Waals surface area (Å²) < 4.78 is 7.09. The molecule has 84 valence electrons. The van der Waals surface area contributed by atoms with E-state index in [0.29, 0.717) is 0 Å². The predicted octanol–water partition coefficient (Wildman–Crippen LogP) is 2.09. The standard InChI is InChI=1S/C11H18N2O2/c1-8(10(14)15-11(3,4)5)13-7-6-12-9(13)2/h6-8H,1-5H3. The lowest BCUT2D eigenvalue weighted by molar-refractivity contribution is -0.158. The molecule has 0 saturated carbocycles. The summed E-state index contributed by atoms with van der Waals surface area (Å²) in [4.78, 5) is 15.8. The van der Waals surface area contributed by atoms with Gasteiger partial charge in [0.15, 0.2) is 0 Å². The number of esters is 1. The van der Waals surface area contributed by atoms with Crippen molar-refractivity contribution in [2.24, 2.45) is 0 Å². The Balaban J connectivity index is 2.74. The van der Waals surface area contributed by atoms with Crippen LogP contribution < -0.4 is 0 Å². The third-order valence-electron chi connectivity index (χ3n) is 2.03. The van der Waals surface area contributed by atoms with Crippen molar-refractivity contribution in [3.05, 3.63) is 18.2 Å². The summed E-state index contributed by atoms with van der Waals surface area (Å²) in [6, 6.07) is -0.327. The second-order valence-electron chi connectivity index (χ2n) is 4.59. The number of aryl methyl sites for hydroxylation is 1. The number of carbonyl (C=O) groups excluding carboxylic acids is 1. The fourth-order valence-corrected chi connectivity index (χ4v) is 1.30. The molecule has 0 aliphatic heterocycles. The zero-order valence-corrected chi connectivity index (χ0v) is 9.94. The molecule has 0 fully saturated rings. The van der Waals surface area contributed by atoms with Crippen LogP contribution in [-0.2, 0) is 9.53 Å². The molecule has 0 spiro atoms. The molecule has 1 heterocycles. The van der Waals surface area contributed by atoms with Crippen LogP contribution >= 0.6 is 0 Å². The molecule has 1 atom stereocenters. The number of carbonyl (C=O) groups is 1. The topological polar surface area (TPSA) is 44.1 Å². The van der Waals surface area contributed by atoms with Crippen LogP contribution in [0.5, 0.6) is 0 Å². The smallest absolute Gasteiger partial charge is 0.329 e. The van der Waals surface area contributed by atoms with Gasteiger partial charge in [0.25, 0.3) is 0 Å². The molecule has 0 amide bonds. The van der Waals surface area contributed by atoms with E-state index in [4.69, 9.17) is 4.74 Å². The summed E-state index contributed by atoms with van der Waals surface area (Å²) in [5, 5.41) is 0. The van der Waals surface area contributed by atoms with E-state index < -0.39 is 5.60 Å². The summed E-state index contributed by atoms with van der Waals surface area (Å²) in [7, 11) is 0. The van der Waals surface area contributed by atoms with Crippen LogP contribution in [0.3, 0.4) is 0 Å². The Hall–Kier alpha value is -1.32. The van der Waals surface area contributed by atoms with Gasteiger partial charge in [-0.2, -0.15) is 0 Å². The van der Waals surface area contributed by atoms with Gasteiger partial charge in [-0.3, -0.25) is 0 Å². The normalized spacial score (nSPS) is 13.7. The molecule has 0 aromatic carbocycles. The van der Waals surface area contributed by atoms with Crippen molar-refractivity contribution in [2.75, 3.05) is 0 Å². The number of hydrogen-bond acceptors (Lipinski definition) is 3. The summed E-state index contributed by atoms with van der Waals surface area (Å²) in [5.41, 5.74) is -0.445. The first-order valence-electron chi connectivity index (χ1n) is 5.03. The first-order chi connectivity index (χ1) is 6.81. The molecule has 0 bridgehead atoms. The Morgan fingerprint density at radius 2 is 2.13 bits per heavy atom. The number of ether oxygens (including phenoxy) is 1. The van der Waals surface area contributed by atoms with Crippen molar-refractivity contribution in [2.45, 2.75) is 46.3 Å². The minimum atomic E-state index is -0.445. The number of hydrogen-bond donors (Lipinski definition) is 0. The van der Waals surface area contributed by atoms with E-state index in [9.17, 15) is 4.79 Å². The molecule has 0 saturated heterocycles. The fraction of sp³-hybridized carbons (Fsp3) is 0.636. The SMILES string of the molecule is Cc1nccn1C(C)C(=O)OC(C)(C)C. The van der Waals surface area contributed by atoms with Crippen molar-refractivity contribution in [3.8, 4) is 0 Å². The van der Waals surface area contributed by atoms with Crippen LogP contribution in [0.1, 0.15) is 39.6 Å². The largest absolute Gasteiger partial charge is 0.458 e. The number of nitrogens with zero attached hydrogens (tertiary/aromatic N) is 2. The maximum atomic E-state index is 11.7. The predicted molar refractivity (Wildman–Crippen MR) is 57.5 cm³/mol. The summed E-state index contributed by atoms with van der Waals surface area (Å²) in [6.07, 6.45) is 3.46. The fourth-order valence-electron chi connectivity index (χ4n) is 1.30. The van der Waals surface area contributed by atoms with E-state index in [-0.39, 0.29) is 12.0 Å². The molecule has 4 heteroatoms. The van der Waals surface area contributed by atoms with Gasteiger partial charge in [-0.1, -0.05) is 0 Å². The van der Waals surface area contributed by atoms with Crippen LogP contribution in [0.2, 0.25) is 0 Å². The summed E-state index contributed by atoms with van der Waals surface area (Å²) >= 11 is 0. The van der Waals surface area contributed by atoms with Gasteiger partial charge in [0, 0.05) is 12.4 Å². The van der Waals surface area contributed by atoms with Gasteiger partial charge < -0.3 is 9.30 Å². The molecular weight excluding hydrogens is 192 g/mol. The highest BCUT2D eigenvalue weighted by atomic mass is 16.6. The first-order valence-corrected chi connectivity index (χ1v) is 5.03. The Morgan fingerprint density at radius 1 is 1.53 bits per heavy atom. The minimum absolute atomic E-state index is 0.233. The number of rotatable bonds is 2. The van der Waals surface area contributed by atoms with E-state index in [2.05, 4.69) is 4.98 Å². The molecule has 1 unspecified atom stereocenters. The third-order valence-corrected chi connectivity index (χ3v) is 2.03. The molecule has 15 heavy (non-hydrogen) atoms. The van der Waals surface area contributed by atoms with Gasteiger partial charge in [-0.05, 0) is 34.6 Å². The van der Waals surface area contributed by atoms with Gasteiger partial charge in [-0.25, -0.2) is 9.78 Å². The molecule has 0 aliphatic rings. The first kappa shape index (κ1) is 11.8. The maximum absolute atomic E-state index is 11.7. The van der Waals surface area contributed by atoms with E-state index in [0.717, 1.165) is 5.82 Å². The Bertz CT molecular complexity index is 350. The highest BCUT2D eigenvalue weighted by molar-refractivity contribution is 5.74. The van der Waals surface area contributed by atoms with Gasteiger partial charge in [-0.15, -0.1) is 0 Å². The Labute approximate surface area is 90.3 Å². The van der Waals surface area contributed by atoms with Crippen molar-refractivity contribution in [1.29, 1.82) is 0 Å². The van der Waals surface area contributed by atoms with Crippen LogP contribution in [0.15, 0.2) is 12.4 Å². The lowest BCUT2D eigenvalue weighted by Crippen LogP contribution is -2.29. The van der Waals surface area contributed by atoms with Crippen molar-refractivity contribution >= 4 is 5.97 Å². The van der Waals surface area contributed by atoms with Gasteiger partial charge >= 0.3 is 5.97 Å². The van der Waals surface area contributed by atoms with Gasteiger partial charge in [0.05, 0.1) is 0 Å². The third kappa shape index (κ3) is 3.08. The van der Waals surface area contributed by atoms with E-state index >= 15 is 0 Å². The second-order valence-corrected chi connectivity index (χ2v) is 4.59. The lowest BCUT2D eigenvalue weighted by atomic mass is 10.2. The number of aromatic nitrogens is 2. The van der Waals surface area contributed by atoms with E-state index in [1.165, 1.54) is 0 Å². The van der Waals surface area contributed by atoms with Crippen molar-refractivity contribution < 1.29 is 9.53 Å². The molecule has 1 aromatic heterocycles. The monoisotopic (exact) mass is 210 g/mol. The second kappa shape index (κ2) is 4.04. The zero-order chi connectivity index (χ0) is 11.6. The molecule has 1 rings (SSSR count). The van der Waals surface area contributed by atoms with Gasteiger partial charge in [0.1, 0.15) is 17.5 Å². The minimum Gasteiger partial charge on any atom is -0.458 e. The maximum Gasteiger partial charge on any atom is 0.329 e. The molecular formula is C11H18N2O2. The highest BCUT2D eigenvalue weighted by Crippen LogP contribution is 2.15. The Kier molecular flexibility index (Phi) is 3.17. The average molecular weight is 210 g/mol. The zero-order valence-electron chi connectivity index (χ0n) is 9.94. The van der Waals surface area contributed by atoms with Crippen LogP contribution in [0.25, 0.3) is 0 Å². The van der Waals surface area contributed by atoms with Crippen molar-refractivity contribution in [3.63, 3.8) is 0 Å². The molecule has 1 aromatic rings. The number of imidazole rings is 1. The van der Waals surface area contributed by atoms with Gasteiger partial charge in [0.2, 0.25) is 0 Å². The molecule has 4 nitrogen and oxygen atoms in total. The molecule has 0 aliphatic carbocycles. The van der Waals surface area contributed by atoms with E-state index in [1.807, 2.05) is 34.6 Å². The summed E-state index contributed by atoms with van der Waals surface area (Å²) in [6.45, 7) is 9.25. The van der Waals surface area contributed by atoms with Crippen LogP contribution in [0.4, 0.5) is 0 Å². The lowest BCUT2D eigenvalue weighted by Gasteiger charge is -2.23. The molecule has 0 N–H and O–H groups in total. The summed E-state index contributed by atoms with van der Waals surface area (Å²) in [5.74, 6) is 0.581. The average Bonchev–Trinajstić information content (AvgIpc) is 2.47. The Morgan fingerprint density at radius 3 is 2.53 bits per heavy atom. The van der Waals surface area contributed by atoms with Crippen LogP contribution in [0, 0.1) is 6.92 Å². The highest BCUT2D eigenvalue weighted by Gasteiger charge is 2.23. The van der Waals surface area contributed by atoms with Crippen molar-refractivity contribution in [1.82, 2.24) is 9.55 Å². The van der Waals surface area contributed by atoms with Crippen LogP contribution in [-0.4, -0.2) is 21.1 Å². The van der Waals surface area contributed by atoms with E-state index in [1.54, 1.807) is 17.0 Å². The quantitative estimate of drug-likeness (QED) is 0.702. The molecule has 0 radical (unpaired) electrons.